The molecule has 0 aliphatic heterocycles. The van der Waals surface area contributed by atoms with Gasteiger partial charge in [0.25, 0.3) is 5.91 Å². The van der Waals surface area contributed by atoms with Crippen molar-refractivity contribution in [2.75, 3.05) is 6.54 Å². The van der Waals surface area contributed by atoms with Crippen molar-refractivity contribution in [1.82, 2.24) is 10.2 Å². The normalized spacial score (nSPS) is 12.4. The van der Waals surface area contributed by atoms with Crippen molar-refractivity contribution < 1.29 is 22.8 Å². The molecule has 1 N–H and O–H groups in total. The summed E-state index contributed by atoms with van der Waals surface area (Å²) in [6.45, 7) is 5.63. The van der Waals surface area contributed by atoms with E-state index in [4.69, 9.17) is 0 Å². The molecule has 0 aromatic heterocycles. The Kier molecular flexibility index (Phi) is 6.83. The summed E-state index contributed by atoms with van der Waals surface area (Å²) < 4.78 is 38.9. The Bertz CT molecular complexity index is 832. The lowest BCUT2D eigenvalue weighted by Gasteiger charge is -2.29. The molecule has 0 heterocycles. The first kappa shape index (κ1) is 21.5. The quantitative estimate of drug-likeness (QED) is 0.783. The van der Waals surface area contributed by atoms with Gasteiger partial charge in [-0.1, -0.05) is 24.3 Å². The molecule has 2 rings (SSSR count). The van der Waals surface area contributed by atoms with Crippen molar-refractivity contribution in [3.05, 3.63) is 70.8 Å². The van der Waals surface area contributed by atoms with Gasteiger partial charge < -0.3 is 10.2 Å². The number of alkyl halides is 3. The number of amides is 2. The molecular formula is C21H23F3N2O2. The smallest absolute Gasteiger partial charge is 0.352 e. The number of benzene rings is 2. The number of hydrogen-bond donors (Lipinski definition) is 1. The molecule has 7 heteroatoms. The lowest BCUT2D eigenvalue weighted by Crippen LogP contribution is -2.33. The number of rotatable bonds is 6. The standard InChI is InChI=1S/C21H23F3N2O2/c1-4-26(14(2)18-6-5-7-19(12-18)21(22,23)24)20(28)17-10-8-16(9-11-17)13-25-15(3)27/h5-12,14H,4,13H2,1-3H3,(H,25,27). The highest BCUT2D eigenvalue weighted by Gasteiger charge is 2.31. The van der Waals surface area contributed by atoms with Crippen LogP contribution in [0.3, 0.4) is 0 Å². The van der Waals surface area contributed by atoms with Crippen LogP contribution < -0.4 is 5.32 Å². The number of carbonyl (C=O) groups excluding carboxylic acids is 2. The first-order chi connectivity index (χ1) is 13.1. The van der Waals surface area contributed by atoms with E-state index in [0.717, 1.165) is 17.7 Å². The summed E-state index contributed by atoms with van der Waals surface area (Å²) in [6, 6.07) is 11.3. The van der Waals surface area contributed by atoms with E-state index in [-0.39, 0.29) is 11.8 Å². The lowest BCUT2D eigenvalue weighted by molar-refractivity contribution is -0.137. The Hall–Kier alpha value is -2.83. The van der Waals surface area contributed by atoms with E-state index in [9.17, 15) is 22.8 Å². The zero-order valence-corrected chi connectivity index (χ0v) is 16.0. The van der Waals surface area contributed by atoms with Crippen LogP contribution in [0, 0.1) is 0 Å². The number of halogens is 3. The summed E-state index contributed by atoms with van der Waals surface area (Å²) in [4.78, 5) is 25.4. The van der Waals surface area contributed by atoms with Gasteiger partial charge in [-0.15, -0.1) is 0 Å². The Morgan fingerprint density at radius 2 is 1.75 bits per heavy atom. The molecule has 0 saturated carbocycles. The van der Waals surface area contributed by atoms with Crippen LogP contribution in [0.4, 0.5) is 13.2 Å². The minimum absolute atomic E-state index is 0.146. The highest BCUT2D eigenvalue weighted by Crippen LogP contribution is 2.32. The fraction of sp³-hybridized carbons (Fsp3) is 0.333. The number of nitrogens with one attached hydrogen (secondary N) is 1. The average Bonchev–Trinajstić information content (AvgIpc) is 2.66. The van der Waals surface area contributed by atoms with Gasteiger partial charge in [0, 0.05) is 25.6 Å². The summed E-state index contributed by atoms with van der Waals surface area (Å²) in [5, 5.41) is 2.68. The number of nitrogens with zero attached hydrogens (tertiary/aromatic N) is 1. The minimum Gasteiger partial charge on any atom is -0.352 e. The molecule has 0 radical (unpaired) electrons. The average molecular weight is 392 g/mol. The van der Waals surface area contributed by atoms with E-state index >= 15 is 0 Å². The van der Waals surface area contributed by atoms with Crippen molar-refractivity contribution in [2.24, 2.45) is 0 Å². The van der Waals surface area contributed by atoms with Crippen molar-refractivity contribution in [1.29, 1.82) is 0 Å². The van der Waals surface area contributed by atoms with Gasteiger partial charge in [0.05, 0.1) is 11.6 Å². The second kappa shape index (κ2) is 8.91. The van der Waals surface area contributed by atoms with Crippen LogP contribution in [0.1, 0.15) is 53.9 Å². The second-order valence-corrected chi connectivity index (χ2v) is 6.50. The molecule has 4 nitrogen and oxygen atoms in total. The van der Waals surface area contributed by atoms with Crippen molar-refractivity contribution in [2.45, 2.75) is 39.5 Å². The number of carbonyl (C=O) groups is 2. The van der Waals surface area contributed by atoms with Crippen LogP contribution in [-0.2, 0) is 17.5 Å². The molecular weight excluding hydrogens is 369 g/mol. The summed E-state index contributed by atoms with van der Waals surface area (Å²) >= 11 is 0. The van der Waals surface area contributed by atoms with Crippen LogP contribution in [0.5, 0.6) is 0 Å². The predicted molar refractivity (Wildman–Crippen MR) is 101 cm³/mol. The third kappa shape index (κ3) is 5.34. The largest absolute Gasteiger partial charge is 0.416 e. The SMILES string of the molecule is CCN(C(=O)c1ccc(CNC(C)=O)cc1)C(C)c1cccc(C(F)(F)F)c1. The third-order valence-electron chi connectivity index (χ3n) is 4.51. The molecule has 0 bridgehead atoms. The van der Waals surface area contributed by atoms with E-state index in [0.29, 0.717) is 24.2 Å². The zero-order valence-electron chi connectivity index (χ0n) is 16.0. The van der Waals surface area contributed by atoms with Gasteiger partial charge in [-0.25, -0.2) is 0 Å². The highest BCUT2D eigenvalue weighted by molar-refractivity contribution is 5.94. The minimum atomic E-state index is -4.43. The highest BCUT2D eigenvalue weighted by atomic mass is 19.4. The molecule has 1 unspecified atom stereocenters. The third-order valence-corrected chi connectivity index (χ3v) is 4.51. The summed E-state index contributed by atoms with van der Waals surface area (Å²) in [5.74, 6) is -0.411. The monoisotopic (exact) mass is 392 g/mol. The topological polar surface area (TPSA) is 49.4 Å². The van der Waals surface area contributed by atoms with Crippen LogP contribution in [0.15, 0.2) is 48.5 Å². The summed E-state index contributed by atoms with van der Waals surface area (Å²) in [6.07, 6.45) is -4.43. The van der Waals surface area contributed by atoms with Gasteiger partial charge in [-0.05, 0) is 49.2 Å². The second-order valence-electron chi connectivity index (χ2n) is 6.50. The Balaban J connectivity index is 2.20. The van der Waals surface area contributed by atoms with Crippen LogP contribution in [-0.4, -0.2) is 23.3 Å². The maximum absolute atomic E-state index is 13.0. The molecule has 150 valence electrons. The molecule has 0 fully saturated rings. The van der Waals surface area contributed by atoms with Crippen molar-refractivity contribution >= 4 is 11.8 Å². The van der Waals surface area contributed by atoms with Gasteiger partial charge in [0.15, 0.2) is 0 Å². The maximum atomic E-state index is 13.0. The van der Waals surface area contributed by atoms with E-state index in [2.05, 4.69) is 5.32 Å². The molecule has 1 atom stereocenters. The van der Waals surface area contributed by atoms with Crippen LogP contribution >= 0.6 is 0 Å². The summed E-state index contributed by atoms with van der Waals surface area (Å²) in [7, 11) is 0. The van der Waals surface area contributed by atoms with Gasteiger partial charge in [0.1, 0.15) is 0 Å². The van der Waals surface area contributed by atoms with Gasteiger partial charge >= 0.3 is 6.18 Å². The fourth-order valence-corrected chi connectivity index (χ4v) is 2.91. The molecule has 2 aromatic rings. The predicted octanol–water partition coefficient (Wildman–Crippen LogP) is 4.56. The van der Waals surface area contributed by atoms with E-state index in [1.165, 1.54) is 17.9 Å². The molecule has 0 saturated heterocycles. The Morgan fingerprint density at radius 3 is 2.29 bits per heavy atom. The molecule has 0 spiro atoms. The molecule has 0 aliphatic rings. The van der Waals surface area contributed by atoms with E-state index < -0.39 is 17.8 Å². The molecule has 28 heavy (non-hydrogen) atoms. The van der Waals surface area contributed by atoms with Crippen LogP contribution in [0.25, 0.3) is 0 Å². The van der Waals surface area contributed by atoms with Gasteiger partial charge in [-0.3, -0.25) is 9.59 Å². The van der Waals surface area contributed by atoms with Crippen molar-refractivity contribution in [3.8, 4) is 0 Å². The number of hydrogen-bond acceptors (Lipinski definition) is 2. The molecule has 0 aliphatic carbocycles. The van der Waals surface area contributed by atoms with E-state index in [1.807, 2.05) is 0 Å². The molecule has 2 aromatic carbocycles. The van der Waals surface area contributed by atoms with E-state index in [1.54, 1.807) is 44.2 Å². The summed E-state index contributed by atoms with van der Waals surface area (Å²) in [5.41, 5.74) is 0.975. The maximum Gasteiger partial charge on any atom is 0.416 e. The first-order valence-corrected chi connectivity index (χ1v) is 8.95. The Morgan fingerprint density at radius 1 is 1.11 bits per heavy atom. The van der Waals surface area contributed by atoms with Crippen molar-refractivity contribution in [3.63, 3.8) is 0 Å². The Labute approximate surface area is 162 Å². The molecule has 2 amide bonds. The lowest BCUT2D eigenvalue weighted by atomic mass is 10.0. The first-order valence-electron chi connectivity index (χ1n) is 8.95. The zero-order chi connectivity index (χ0) is 20.9. The fourth-order valence-electron chi connectivity index (χ4n) is 2.91. The van der Waals surface area contributed by atoms with Gasteiger partial charge in [0.2, 0.25) is 5.91 Å². The van der Waals surface area contributed by atoms with Crippen LogP contribution in [0.2, 0.25) is 0 Å². The van der Waals surface area contributed by atoms with Gasteiger partial charge in [-0.2, -0.15) is 13.2 Å².